The molecule has 0 saturated heterocycles. The minimum absolute atomic E-state index is 0.164. The van der Waals surface area contributed by atoms with Gasteiger partial charge < -0.3 is 19.5 Å². The number of carboxylic acid groups (broad SMARTS) is 1. The van der Waals surface area contributed by atoms with Crippen molar-refractivity contribution in [3.8, 4) is 11.6 Å². The molecule has 1 heterocycles. The highest BCUT2D eigenvalue weighted by Crippen LogP contribution is 2.21. The third kappa shape index (κ3) is 4.43. The molecule has 1 amide bonds. The van der Waals surface area contributed by atoms with Crippen molar-refractivity contribution in [2.75, 3.05) is 20.8 Å². The fourth-order valence-corrected chi connectivity index (χ4v) is 2.55. The van der Waals surface area contributed by atoms with Crippen LogP contribution in [0.3, 0.4) is 0 Å². The predicted octanol–water partition coefficient (Wildman–Crippen LogP) is 1.89. The van der Waals surface area contributed by atoms with Crippen LogP contribution in [0.1, 0.15) is 15.9 Å². The van der Waals surface area contributed by atoms with Crippen LogP contribution >= 0.6 is 11.5 Å². The van der Waals surface area contributed by atoms with E-state index in [1.165, 1.54) is 18.6 Å². The number of aromatic nitrogens is 1. The van der Waals surface area contributed by atoms with E-state index < -0.39 is 12.6 Å². The van der Waals surface area contributed by atoms with Crippen molar-refractivity contribution in [3.05, 3.63) is 40.8 Å². The fraction of sp³-hybridized carbons (Fsp3) is 0.267. The average molecular weight is 336 g/mol. The minimum atomic E-state index is -1.05. The van der Waals surface area contributed by atoms with E-state index in [-0.39, 0.29) is 5.91 Å². The molecule has 0 aliphatic rings. The number of carboxylic acids is 1. The molecule has 1 N–H and O–H groups in total. The Morgan fingerprint density at radius 2 is 2.00 bits per heavy atom. The largest absolute Gasteiger partial charge is 0.482 e. The van der Waals surface area contributed by atoms with Crippen molar-refractivity contribution < 1.29 is 24.2 Å². The van der Waals surface area contributed by atoms with Gasteiger partial charge in [0.1, 0.15) is 5.75 Å². The molecule has 2 aromatic rings. The molecule has 0 aliphatic carbocycles. The Morgan fingerprint density at radius 1 is 1.30 bits per heavy atom. The lowest BCUT2D eigenvalue weighted by molar-refractivity contribution is -0.139. The van der Waals surface area contributed by atoms with Crippen LogP contribution in [0.15, 0.2) is 29.6 Å². The maximum Gasteiger partial charge on any atom is 0.341 e. The summed E-state index contributed by atoms with van der Waals surface area (Å²) in [6, 6.07) is 6.33. The topological polar surface area (TPSA) is 89.0 Å². The van der Waals surface area contributed by atoms with Crippen molar-refractivity contribution in [1.29, 1.82) is 0 Å². The Labute approximate surface area is 137 Å². The molecule has 0 radical (unpaired) electrons. The van der Waals surface area contributed by atoms with E-state index >= 15 is 0 Å². The molecule has 0 bridgehead atoms. The molecule has 0 spiro atoms. The summed E-state index contributed by atoms with van der Waals surface area (Å²) in [5.41, 5.74) is 1.33. The molecule has 7 nitrogen and oxygen atoms in total. The lowest BCUT2D eigenvalue weighted by atomic mass is 10.2. The first-order chi connectivity index (χ1) is 11.0. The zero-order chi connectivity index (χ0) is 16.8. The normalized spacial score (nSPS) is 10.2. The zero-order valence-electron chi connectivity index (χ0n) is 12.7. The Kier molecular flexibility index (Phi) is 5.53. The van der Waals surface area contributed by atoms with Gasteiger partial charge in [0.15, 0.2) is 6.61 Å². The Balaban J connectivity index is 2.00. The van der Waals surface area contributed by atoms with Crippen molar-refractivity contribution in [2.24, 2.45) is 0 Å². The third-order valence-electron chi connectivity index (χ3n) is 3.02. The predicted molar refractivity (Wildman–Crippen MR) is 84.0 cm³/mol. The van der Waals surface area contributed by atoms with Crippen LogP contribution < -0.4 is 9.47 Å². The maximum absolute atomic E-state index is 12.4. The lowest BCUT2D eigenvalue weighted by Gasteiger charge is -2.17. The molecule has 0 aliphatic heterocycles. The number of aliphatic carboxylic acids is 1. The molecule has 1 aromatic carbocycles. The smallest absolute Gasteiger partial charge is 0.341 e. The first-order valence-corrected chi connectivity index (χ1v) is 7.52. The minimum Gasteiger partial charge on any atom is -0.482 e. The molecule has 8 heteroatoms. The second-order valence-electron chi connectivity index (χ2n) is 4.72. The highest BCUT2D eigenvalue weighted by molar-refractivity contribution is 7.03. The maximum atomic E-state index is 12.4. The van der Waals surface area contributed by atoms with Crippen LogP contribution in [-0.4, -0.2) is 47.0 Å². The number of benzene rings is 1. The molecule has 0 fully saturated rings. The van der Waals surface area contributed by atoms with Crippen molar-refractivity contribution in [1.82, 2.24) is 9.27 Å². The van der Waals surface area contributed by atoms with Gasteiger partial charge in [-0.1, -0.05) is 0 Å². The number of hydrogen-bond acceptors (Lipinski definition) is 6. The first kappa shape index (κ1) is 16.8. The molecule has 0 unspecified atom stereocenters. The molecular formula is C15H16N2O5S. The highest BCUT2D eigenvalue weighted by atomic mass is 32.1. The molecule has 2 rings (SSSR count). The van der Waals surface area contributed by atoms with E-state index in [0.29, 0.717) is 23.7 Å². The van der Waals surface area contributed by atoms with Crippen LogP contribution in [-0.2, 0) is 11.3 Å². The van der Waals surface area contributed by atoms with E-state index in [2.05, 4.69) is 4.37 Å². The van der Waals surface area contributed by atoms with Crippen LogP contribution in [0.5, 0.6) is 11.6 Å². The number of carbonyl (C=O) groups excluding carboxylic acids is 1. The van der Waals surface area contributed by atoms with Gasteiger partial charge in [-0.3, -0.25) is 4.79 Å². The molecule has 1 aromatic heterocycles. The Morgan fingerprint density at radius 3 is 2.61 bits per heavy atom. The standard InChI is InChI=1S/C15H16N2O5S/c1-17(7-11-9-23-16-14(11)21-2)15(20)10-3-5-12(6-4-10)22-8-13(18)19/h3-6,9H,7-8H2,1-2H3,(H,18,19). The number of carbonyl (C=O) groups is 2. The number of methoxy groups -OCH3 is 1. The number of ether oxygens (including phenoxy) is 2. The lowest BCUT2D eigenvalue weighted by Crippen LogP contribution is -2.26. The second kappa shape index (κ2) is 7.59. The van der Waals surface area contributed by atoms with Crippen molar-refractivity contribution in [3.63, 3.8) is 0 Å². The van der Waals surface area contributed by atoms with Crippen molar-refractivity contribution in [2.45, 2.75) is 6.54 Å². The summed E-state index contributed by atoms with van der Waals surface area (Å²) in [6.45, 7) is -0.0338. The van der Waals surface area contributed by atoms with Gasteiger partial charge in [0, 0.05) is 23.6 Å². The number of rotatable bonds is 7. The first-order valence-electron chi connectivity index (χ1n) is 6.68. The third-order valence-corrected chi connectivity index (χ3v) is 3.68. The van der Waals surface area contributed by atoms with E-state index in [9.17, 15) is 9.59 Å². The number of amides is 1. The molecule has 122 valence electrons. The number of nitrogens with zero attached hydrogens (tertiary/aromatic N) is 2. The van der Waals surface area contributed by atoms with Gasteiger partial charge in [-0.15, -0.1) is 0 Å². The van der Waals surface area contributed by atoms with Gasteiger partial charge in [-0.25, -0.2) is 4.79 Å². The fourth-order valence-electron chi connectivity index (χ4n) is 1.91. The Hall–Kier alpha value is -2.61. The number of hydrogen-bond donors (Lipinski definition) is 1. The summed E-state index contributed by atoms with van der Waals surface area (Å²) in [5, 5.41) is 10.4. The molecule has 0 saturated carbocycles. The van der Waals surface area contributed by atoms with Gasteiger partial charge >= 0.3 is 5.97 Å². The van der Waals surface area contributed by atoms with E-state index in [4.69, 9.17) is 14.6 Å². The van der Waals surface area contributed by atoms with Crippen LogP contribution in [0, 0.1) is 0 Å². The Bertz CT molecular complexity index is 683. The summed E-state index contributed by atoms with van der Waals surface area (Å²) in [7, 11) is 3.23. The summed E-state index contributed by atoms with van der Waals surface area (Å²) < 4.78 is 14.2. The van der Waals surface area contributed by atoms with E-state index in [0.717, 1.165) is 5.56 Å². The summed E-state index contributed by atoms with van der Waals surface area (Å²) in [4.78, 5) is 24.4. The highest BCUT2D eigenvalue weighted by Gasteiger charge is 2.15. The quantitative estimate of drug-likeness (QED) is 0.830. The SMILES string of the molecule is COc1nscc1CN(C)C(=O)c1ccc(OCC(=O)O)cc1. The van der Waals surface area contributed by atoms with Gasteiger partial charge in [-0.05, 0) is 35.8 Å². The monoisotopic (exact) mass is 336 g/mol. The van der Waals surface area contributed by atoms with Gasteiger partial charge in [-0.2, -0.15) is 4.37 Å². The van der Waals surface area contributed by atoms with E-state index in [1.54, 1.807) is 36.2 Å². The summed E-state index contributed by atoms with van der Waals surface area (Å²) in [5.74, 6) is -0.298. The molecule has 0 atom stereocenters. The van der Waals surface area contributed by atoms with Gasteiger partial charge in [0.2, 0.25) is 5.88 Å². The van der Waals surface area contributed by atoms with Gasteiger partial charge in [0.25, 0.3) is 5.91 Å². The average Bonchev–Trinajstić information content (AvgIpc) is 2.99. The zero-order valence-corrected chi connectivity index (χ0v) is 13.5. The molecule has 23 heavy (non-hydrogen) atoms. The van der Waals surface area contributed by atoms with Gasteiger partial charge in [0.05, 0.1) is 13.7 Å². The second-order valence-corrected chi connectivity index (χ2v) is 5.35. The van der Waals surface area contributed by atoms with Crippen molar-refractivity contribution >= 4 is 23.4 Å². The van der Waals surface area contributed by atoms with Crippen LogP contribution in [0.4, 0.5) is 0 Å². The summed E-state index contributed by atoms with van der Waals surface area (Å²) in [6.07, 6.45) is 0. The van der Waals surface area contributed by atoms with E-state index in [1.807, 2.05) is 5.38 Å². The summed E-state index contributed by atoms with van der Waals surface area (Å²) >= 11 is 1.27. The van der Waals surface area contributed by atoms with Crippen LogP contribution in [0.25, 0.3) is 0 Å². The molecular weight excluding hydrogens is 320 g/mol. The van der Waals surface area contributed by atoms with Crippen LogP contribution in [0.2, 0.25) is 0 Å².